The highest BCUT2D eigenvalue weighted by atomic mass is 79.9. The van der Waals surface area contributed by atoms with Crippen LogP contribution in [0.3, 0.4) is 0 Å². The van der Waals surface area contributed by atoms with Crippen LogP contribution in [0.5, 0.6) is 0 Å². The molecule has 1 atom stereocenters. The van der Waals surface area contributed by atoms with Crippen LogP contribution in [0.15, 0.2) is 51.4 Å². The van der Waals surface area contributed by atoms with E-state index in [0.717, 1.165) is 14.5 Å². The average molecular weight is 398 g/mol. The molecule has 0 aliphatic rings. The Kier molecular flexibility index (Phi) is 4.83. The standard InChI is InChI=1S/C15H14Br2N2O/c1-9(10-5-3-2-4-6-10)15(20)19-14-12(17)7-11(16)8-13(14)18/h2-9H,18H2,1H3,(H,19,20). The molecule has 2 aromatic carbocycles. The van der Waals surface area contributed by atoms with Crippen LogP contribution in [0.4, 0.5) is 11.4 Å². The third-order valence-corrected chi connectivity index (χ3v) is 4.11. The lowest BCUT2D eigenvalue weighted by molar-refractivity contribution is -0.117. The van der Waals surface area contributed by atoms with Gasteiger partial charge in [-0.15, -0.1) is 0 Å². The molecule has 0 aromatic heterocycles. The molecule has 0 saturated carbocycles. The molecule has 0 spiro atoms. The summed E-state index contributed by atoms with van der Waals surface area (Å²) in [6, 6.07) is 13.2. The van der Waals surface area contributed by atoms with Gasteiger partial charge in [0, 0.05) is 8.95 Å². The van der Waals surface area contributed by atoms with Crippen molar-refractivity contribution in [1.82, 2.24) is 0 Å². The Morgan fingerprint density at radius 1 is 1.20 bits per heavy atom. The van der Waals surface area contributed by atoms with E-state index in [9.17, 15) is 4.79 Å². The summed E-state index contributed by atoms with van der Waals surface area (Å²) in [5.74, 6) is -0.336. The molecule has 0 radical (unpaired) electrons. The summed E-state index contributed by atoms with van der Waals surface area (Å²) >= 11 is 6.76. The summed E-state index contributed by atoms with van der Waals surface area (Å²) < 4.78 is 1.61. The largest absolute Gasteiger partial charge is 0.397 e. The number of anilines is 2. The van der Waals surface area contributed by atoms with Gasteiger partial charge in [0.1, 0.15) is 0 Å². The number of benzene rings is 2. The third-order valence-electron chi connectivity index (χ3n) is 3.03. The molecule has 0 bridgehead atoms. The zero-order valence-corrected chi connectivity index (χ0v) is 14.0. The van der Waals surface area contributed by atoms with E-state index in [1.165, 1.54) is 0 Å². The van der Waals surface area contributed by atoms with Gasteiger partial charge in [0.15, 0.2) is 0 Å². The number of carbonyl (C=O) groups excluding carboxylic acids is 1. The summed E-state index contributed by atoms with van der Waals surface area (Å²) in [6.45, 7) is 1.87. The average Bonchev–Trinajstić information content (AvgIpc) is 2.42. The van der Waals surface area contributed by atoms with Crippen molar-refractivity contribution in [3.8, 4) is 0 Å². The van der Waals surface area contributed by atoms with Gasteiger partial charge in [0.25, 0.3) is 0 Å². The van der Waals surface area contributed by atoms with Gasteiger partial charge >= 0.3 is 0 Å². The second-order valence-corrected chi connectivity index (χ2v) is 6.24. The van der Waals surface area contributed by atoms with Gasteiger partial charge in [-0.1, -0.05) is 46.3 Å². The molecule has 0 saturated heterocycles. The fourth-order valence-corrected chi connectivity index (χ4v) is 3.21. The fraction of sp³-hybridized carbons (Fsp3) is 0.133. The molecule has 20 heavy (non-hydrogen) atoms. The van der Waals surface area contributed by atoms with E-state index < -0.39 is 0 Å². The van der Waals surface area contributed by atoms with Crippen molar-refractivity contribution in [3.05, 3.63) is 57.0 Å². The molecule has 2 rings (SSSR count). The number of rotatable bonds is 3. The van der Waals surface area contributed by atoms with Crippen LogP contribution in [0.25, 0.3) is 0 Å². The van der Waals surface area contributed by atoms with Crippen LogP contribution < -0.4 is 11.1 Å². The van der Waals surface area contributed by atoms with Crippen LogP contribution in [0.1, 0.15) is 18.4 Å². The number of amides is 1. The van der Waals surface area contributed by atoms with Crippen LogP contribution in [0.2, 0.25) is 0 Å². The molecule has 5 heteroatoms. The summed E-state index contributed by atoms with van der Waals surface area (Å²) in [6.07, 6.45) is 0. The number of halogens is 2. The lowest BCUT2D eigenvalue weighted by atomic mass is 10.0. The lowest BCUT2D eigenvalue weighted by Gasteiger charge is -2.15. The van der Waals surface area contributed by atoms with E-state index in [-0.39, 0.29) is 11.8 Å². The fourth-order valence-electron chi connectivity index (χ4n) is 1.85. The zero-order chi connectivity index (χ0) is 14.7. The maximum absolute atomic E-state index is 12.3. The molecule has 1 unspecified atom stereocenters. The van der Waals surface area contributed by atoms with Crippen LogP contribution in [-0.4, -0.2) is 5.91 Å². The van der Waals surface area contributed by atoms with Gasteiger partial charge < -0.3 is 11.1 Å². The van der Waals surface area contributed by atoms with Crippen molar-refractivity contribution in [3.63, 3.8) is 0 Å². The number of nitrogens with two attached hydrogens (primary N) is 1. The number of nitrogens with one attached hydrogen (secondary N) is 1. The van der Waals surface area contributed by atoms with Crippen molar-refractivity contribution in [1.29, 1.82) is 0 Å². The molecule has 3 nitrogen and oxygen atoms in total. The third kappa shape index (κ3) is 3.41. The summed E-state index contributed by atoms with van der Waals surface area (Å²) in [5, 5.41) is 2.87. The normalized spacial score (nSPS) is 11.9. The van der Waals surface area contributed by atoms with Crippen molar-refractivity contribution in [2.24, 2.45) is 0 Å². The Bertz CT molecular complexity index is 606. The summed E-state index contributed by atoms with van der Waals surface area (Å²) in [7, 11) is 0. The van der Waals surface area contributed by atoms with Gasteiger partial charge in [0.05, 0.1) is 17.3 Å². The molecule has 3 N–H and O–H groups in total. The molecule has 0 fully saturated rings. The molecule has 2 aromatic rings. The van der Waals surface area contributed by atoms with E-state index in [0.29, 0.717) is 11.4 Å². The Balaban J connectivity index is 2.20. The predicted molar refractivity (Wildman–Crippen MR) is 89.7 cm³/mol. The first kappa shape index (κ1) is 15.1. The monoisotopic (exact) mass is 396 g/mol. The van der Waals surface area contributed by atoms with Crippen molar-refractivity contribution >= 4 is 49.1 Å². The second kappa shape index (κ2) is 6.41. The number of hydrogen-bond acceptors (Lipinski definition) is 2. The molecule has 0 aliphatic carbocycles. The van der Waals surface area contributed by atoms with Crippen molar-refractivity contribution < 1.29 is 4.79 Å². The molecule has 0 aliphatic heterocycles. The first-order chi connectivity index (χ1) is 9.49. The first-order valence-electron chi connectivity index (χ1n) is 6.09. The zero-order valence-electron chi connectivity index (χ0n) is 10.9. The molecule has 1 amide bonds. The number of nitrogen functional groups attached to an aromatic ring is 1. The highest BCUT2D eigenvalue weighted by Crippen LogP contribution is 2.33. The molecule has 0 heterocycles. The lowest BCUT2D eigenvalue weighted by Crippen LogP contribution is -2.19. The van der Waals surface area contributed by atoms with E-state index in [1.807, 2.05) is 43.3 Å². The Morgan fingerprint density at radius 3 is 2.45 bits per heavy atom. The highest BCUT2D eigenvalue weighted by molar-refractivity contribution is 9.11. The Hall–Kier alpha value is -1.33. The maximum Gasteiger partial charge on any atom is 0.231 e. The quantitative estimate of drug-likeness (QED) is 0.747. The molecule has 104 valence electrons. The topological polar surface area (TPSA) is 55.1 Å². The van der Waals surface area contributed by atoms with E-state index >= 15 is 0 Å². The van der Waals surface area contributed by atoms with E-state index in [2.05, 4.69) is 37.2 Å². The predicted octanol–water partition coefficient (Wildman–Crippen LogP) is 4.54. The minimum atomic E-state index is -0.244. The van der Waals surface area contributed by atoms with Crippen molar-refractivity contribution in [2.45, 2.75) is 12.8 Å². The Labute approximate surface area is 134 Å². The number of carbonyl (C=O) groups is 1. The maximum atomic E-state index is 12.3. The van der Waals surface area contributed by atoms with Gasteiger partial charge in [-0.2, -0.15) is 0 Å². The minimum absolute atomic E-state index is 0.0917. The molecular formula is C15H14Br2N2O. The van der Waals surface area contributed by atoms with E-state index in [4.69, 9.17) is 5.73 Å². The minimum Gasteiger partial charge on any atom is -0.397 e. The van der Waals surface area contributed by atoms with Crippen LogP contribution in [0, 0.1) is 0 Å². The van der Waals surface area contributed by atoms with Gasteiger partial charge in [-0.05, 0) is 40.5 Å². The van der Waals surface area contributed by atoms with Gasteiger partial charge in [-0.25, -0.2) is 0 Å². The van der Waals surface area contributed by atoms with Crippen molar-refractivity contribution in [2.75, 3.05) is 11.1 Å². The molecular weight excluding hydrogens is 384 g/mol. The summed E-state index contributed by atoms with van der Waals surface area (Å²) in [4.78, 5) is 12.3. The smallest absolute Gasteiger partial charge is 0.231 e. The number of hydrogen-bond donors (Lipinski definition) is 2. The second-order valence-electron chi connectivity index (χ2n) is 4.47. The Morgan fingerprint density at radius 2 is 1.85 bits per heavy atom. The SMILES string of the molecule is CC(C(=O)Nc1c(N)cc(Br)cc1Br)c1ccccc1. The van der Waals surface area contributed by atoms with Gasteiger partial charge in [0.2, 0.25) is 5.91 Å². The van der Waals surface area contributed by atoms with E-state index in [1.54, 1.807) is 6.07 Å². The first-order valence-corrected chi connectivity index (χ1v) is 7.68. The van der Waals surface area contributed by atoms with Crippen LogP contribution in [-0.2, 0) is 4.79 Å². The van der Waals surface area contributed by atoms with Gasteiger partial charge in [-0.3, -0.25) is 4.79 Å². The van der Waals surface area contributed by atoms with Crippen LogP contribution >= 0.6 is 31.9 Å². The highest BCUT2D eigenvalue weighted by Gasteiger charge is 2.17. The summed E-state index contributed by atoms with van der Waals surface area (Å²) in [5.41, 5.74) is 8.02.